The van der Waals surface area contributed by atoms with Crippen molar-refractivity contribution in [3.8, 4) is 12.3 Å². The van der Waals surface area contributed by atoms with Gasteiger partial charge in [-0.3, -0.25) is 9.59 Å². The van der Waals surface area contributed by atoms with Gasteiger partial charge in [-0.25, -0.2) is 4.79 Å². The van der Waals surface area contributed by atoms with E-state index in [0.717, 1.165) is 19.3 Å². The summed E-state index contributed by atoms with van der Waals surface area (Å²) >= 11 is 0. The molecule has 2 atom stereocenters. The van der Waals surface area contributed by atoms with E-state index in [4.69, 9.17) is 11.2 Å². The van der Waals surface area contributed by atoms with E-state index >= 15 is 0 Å². The molecule has 1 aromatic rings. The summed E-state index contributed by atoms with van der Waals surface area (Å²) in [5, 5.41) is 5.54. The van der Waals surface area contributed by atoms with Gasteiger partial charge in [0.2, 0.25) is 11.8 Å². The molecule has 0 aliphatic heterocycles. The number of alkyl carbamates (subject to hydrolysis) is 1. The quantitative estimate of drug-likeness (QED) is 0.408. The average Bonchev–Trinajstić information content (AvgIpc) is 2.72. The van der Waals surface area contributed by atoms with Crippen molar-refractivity contribution in [2.75, 3.05) is 6.54 Å². The van der Waals surface area contributed by atoms with Gasteiger partial charge in [0.1, 0.15) is 17.7 Å². The number of amides is 3. The van der Waals surface area contributed by atoms with Crippen molar-refractivity contribution in [3.05, 3.63) is 35.4 Å². The van der Waals surface area contributed by atoms with Crippen LogP contribution in [0.15, 0.2) is 24.3 Å². The summed E-state index contributed by atoms with van der Waals surface area (Å²) < 4.78 is 5.28. The Labute approximate surface area is 198 Å². The molecule has 0 bridgehead atoms. The molecule has 182 valence electrons. The Morgan fingerprint density at radius 1 is 1.12 bits per heavy atom. The molecule has 0 aliphatic carbocycles. The van der Waals surface area contributed by atoms with E-state index < -0.39 is 29.7 Å². The molecule has 0 saturated heterocycles. The molecule has 2 N–H and O–H groups in total. The van der Waals surface area contributed by atoms with Crippen LogP contribution in [-0.2, 0) is 14.3 Å². The van der Waals surface area contributed by atoms with E-state index in [-0.39, 0.29) is 11.9 Å². The van der Waals surface area contributed by atoms with Crippen LogP contribution in [0, 0.1) is 12.3 Å². The number of carbonyl (C=O) groups is 3. The van der Waals surface area contributed by atoms with Crippen molar-refractivity contribution in [1.82, 2.24) is 15.5 Å². The third-order valence-corrected chi connectivity index (χ3v) is 4.93. The fourth-order valence-corrected chi connectivity index (χ4v) is 3.42. The fraction of sp³-hybridized carbons (Fsp3) is 0.577. The molecule has 0 fully saturated rings. The number of terminal acetylenes is 1. The molecule has 0 saturated carbocycles. The lowest BCUT2D eigenvalue weighted by Gasteiger charge is -2.37. The lowest BCUT2D eigenvalue weighted by Crippen LogP contribution is -2.54. The summed E-state index contributed by atoms with van der Waals surface area (Å²) in [6.07, 6.45) is 7.88. The smallest absolute Gasteiger partial charge is 0.408 e. The number of ether oxygens (including phenoxy) is 1. The van der Waals surface area contributed by atoms with E-state index in [9.17, 15) is 14.4 Å². The summed E-state index contributed by atoms with van der Waals surface area (Å²) in [5.41, 5.74) is 0.411. The highest BCUT2D eigenvalue weighted by molar-refractivity contribution is 5.92. The van der Waals surface area contributed by atoms with Gasteiger partial charge >= 0.3 is 6.09 Å². The van der Waals surface area contributed by atoms with Crippen LogP contribution in [0.5, 0.6) is 0 Å². The Hall–Kier alpha value is -3.01. The molecule has 3 amide bonds. The first-order valence-corrected chi connectivity index (χ1v) is 11.6. The van der Waals surface area contributed by atoms with Gasteiger partial charge in [-0.05, 0) is 59.6 Å². The third-order valence-electron chi connectivity index (χ3n) is 4.93. The van der Waals surface area contributed by atoms with Crippen LogP contribution in [0.25, 0.3) is 0 Å². The van der Waals surface area contributed by atoms with E-state index in [1.54, 1.807) is 52.0 Å². The third kappa shape index (κ3) is 8.80. The average molecular weight is 458 g/mol. The number of nitrogens with one attached hydrogen (secondary N) is 2. The van der Waals surface area contributed by atoms with Gasteiger partial charge in [0.05, 0.1) is 0 Å². The number of rotatable bonds is 10. The molecule has 7 heteroatoms. The van der Waals surface area contributed by atoms with Crippen LogP contribution in [0.4, 0.5) is 4.79 Å². The zero-order valence-corrected chi connectivity index (χ0v) is 21.0. The topological polar surface area (TPSA) is 87.7 Å². The summed E-state index contributed by atoms with van der Waals surface area (Å²) in [5.74, 6) is 1.91. The number of unbranched alkanes of at least 4 members (excludes halogenated alkanes) is 2. The van der Waals surface area contributed by atoms with Gasteiger partial charge < -0.3 is 20.3 Å². The Morgan fingerprint density at radius 2 is 1.76 bits per heavy atom. The molecule has 0 heterocycles. The Morgan fingerprint density at radius 3 is 2.30 bits per heavy atom. The van der Waals surface area contributed by atoms with Gasteiger partial charge in [0.25, 0.3) is 0 Å². The normalized spacial score (nSPS) is 12.9. The lowest BCUT2D eigenvalue weighted by atomic mass is 9.96. The zero-order chi connectivity index (χ0) is 25.2. The predicted octanol–water partition coefficient (Wildman–Crippen LogP) is 4.17. The summed E-state index contributed by atoms with van der Waals surface area (Å²) in [6, 6.07) is 4.92. The molecule has 7 nitrogen and oxygen atoms in total. The van der Waals surface area contributed by atoms with Crippen LogP contribution >= 0.6 is 0 Å². The molecule has 0 aliphatic rings. The second kappa shape index (κ2) is 12.9. The maximum atomic E-state index is 13.5. The van der Waals surface area contributed by atoms with Crippen molar-refractivity contribution in [2.45, 2.75) is 91.5 Å². The van der Waals surface area contributed by atoms with Gasteiger partial charge in [-0.2, -0.15) is 0 Å². The van der Waals surface area contributed by atoms with E-state index in [1.165, 1.54) is 4.90 Å². The van der Waals surface area contributed by atoms with Gasteiger partial charge in [-0.15, -0.1) is 6.42 Å². The zero-order valence-electron chi connectivity index (χ0n) is 21.0. The predicted molar refractivity (Wildman–Crippen MR) is 130 cm³/mol. The van der Waals surface area contributed by atoms with Gasteiger partial charge in [0.15, 0.2) is 0 Å². The Bertz CT molecular complexity index is 852. The number of benzene rings is 1. The summed E-state index contributed by atoms with van der Waals surface area (Å²) in [7, 11) is 0. The van der Waals surface area contributed by atoms with Crippen molar-refractivity contribution in [1.29, 1.82) is 0 Å². The van der Waals surface area contributed by atoms with Crippen molar-refractivity contribution >= 4 is 17.9 Å². The minimum absolute atomic E-state index is 0.305. The monoisotopic (exact) mass is 457 g/mol. The summed E-state index contributed by atoms with van der Waals surface area (Å²) in [4.78, 5) is 40.6. The maximum absolute atomic E-state index is 13.5. The van der Waals surface area contributed by atoms with Crippen LogP contribution in [-0.4, -0.2) is 47.0 Å². The van der Waals surface area contributed by atoms with Crippen molar-refractivity contribution in [2.24, 2.45) is 0 Å². The molecule has 0 spiro atoms. The first-order valence-electron chi connectivity index (χ1n) is 11.6. The highest BCUT2D eigenvalue weighted by Gasteiger charge is 2.37. The van der Waals surface area contributed by atoms with Crippen LogP contribution in [0.1, 0.15) is 84.9 Å². The Kier molecular flexibility index (Phi) is 10.9. The van der Waals surface area contributed by atoms with Crippen molar-refractivity contribution < 1.29 is 19.1 Å². The molecule has 0 aromatic heterocycles. The number of hydrogen-bond acceptors (Lipinski definition) is 4. The standard InChI is InChI=1S/C26H39N3O4/c1-9-11-14-17-27-23(30)22(21-16-13-12-15-20(21)10-2)29(18(3)4)24(31)19(5)28-25(32)33-26(6,7)8/h2,12-13,15-16,18-19,22H,9,11,14,17H2,1,3-8H3,(H,27,30)(H,28,32). The molecule has 33 heavy (non-hydrogen) atoms. The van der Waals surface area contributed by atoms with Gasteiger partial charge in [0, 0.05) is 18.2 Å². The maximum Gasteiger partial charge on any atom is 0.408 e. The number of hydrogen-bond donors (Lipinski definition) is 2. The highest BCUT2D eigenvalue weighted by Crippen LogP contribution is 2.27. The van der Waals surface area contributed by atoms with E-state index in [1.807, 2.05) is 13.8 Å². The van der Waals surface area contributed by atoms with E-state index in [0.29, 0.717) is 17.7 Å². The van der Waals surface area contributed by atoms with Crippen molar-refractivity contribution in [3.63, 3.8) is 0 Å². The largest absolute Gasteiger partial charge is 0.444 e. The SMILES string of the molecule is C#Cc1ccccc1C(C(=O)NCCCCC)N(C(=O)C(C)NC(=O)OC(C)(C)C)C(C)C. The molecular weight excluding hydrogens is 418 g/mol. The summed E-state index contributed by atoms with van der Waals surface area (Å²) in [6.45, 7) is 13.1. The Balaban J connectivity index is 3.29. The lowest BCUT2D eigenvalue weighted by molar-refractivity contribution is -0.144. The number of carbonyl (C=O) groups excluding carboxylic acids is 3. The second-order valence-electron chi connectivity index (χ2n) is 9.34. The minimum atomic E-state index is -0.936. The molecular formula is C26H39N3O4. The van der Waals surface area contributed by atoms with Crippen LogP contribution in [0.3, 0.4) is 0 Å². The molecule has 2 unspecified atom stereocenters. The molecule has 1 rings (SSSR count). The van der Waals surface area contributed by atoms with Gasteiger partial charge in [-0.1, -0.05) is 43.9 Å². The van der Waals surface area contributed by atoms with Crippen LogP contribution < -0.4 is 10.6 Å². The number of nitrogens with zero attached hydrogens (tertiary/aromatic N) is 1. The minimum Gasteiger partial charge on any atom is -0.444 e. The fourth-order valence-electron chi connectivity index (χ4n) is 3.42. The highest BCUT2D eigenvalue weighted by atomic mass is 16.6. The first-order chi connectivity index (χ1) is 15.4. The van der Waals surface area contributed by atoms with E-state index in [2.05, 4.69) is 23.5 Å². The molecule has 1 aromatic carbocycles. The second-order valence-corrected chi connectivity index (χ2v) is 9.34. The first kappa shape index (κ1) is 28.0. The molecule has 0 radical (unpaired) electrons. The van der Waals surface area contributed by atoms with Crippen LogP contribution in [0.2, 0.25) is 0 Å².